The van der Waals surface area contributed by atoms with Crippen molar-refractivity contribution in [3.05, 3.63) is 53.6 Å². The van der Waals surface area contributed by atoms with Crippen LogP contribution < -0.4 is 19.5 Å². The van der Waals surface area contributed by atoms with E-state index >= 15 is 0 Å². The molecule has 0 aromatic heterocycles. The Bertz CT molecular complexity index is 646. The number of rotatable bonds is 4. The molecule has 0 saturated heterocycles. The second-order valence-electron chi connectivity index (χ2n) is 5.62. The van der Waals surface area contributed by atoms with E-state index in [0.29, 0.717) is 13.2 Å². The Balaban J connectivity index is 1.35. The van der Waals surface area contributed by atoms with Crippen LogP contribution in [-0.2, 0) is 13.0 Å². The van der Waals surface area contributed by atoms with E-state index in [4.69, 9.17) is 14.2 Å². The van der Waals surface area contributed by atoms with Gasteiger partial charge in [0, 0.05) is 25.1 Å². The standard InChI is InChI=1S/C18H19NO3/c1-2-6-16-13(4-1)10-15(22-16)12-19-11-14-5-3-7-17-18(14)21-9-8-20-17/h1-7,15,19H,8-12H2. The molecule has 2 aliphatic rings. The van der Waals surface area contributed by atoms with E-state index in [1.165, 1.54) is 5.56 Å². The molecule has 0 spiro atoms. The number of hydrogen-bond donors (Lipinski definition) is 1. The van der Waals surface area contributed by atoms with Gasteiger partial charge >= 0.3 is 0 Å². The average molecular weight is 297 g/mol. The van der Waals surface area contributed by atoms with Gasteiger partial charge in [0.1, 0.15) is 25.1 Å². The molecule has 2 aromatic carbocycles. The third-order valence-corrected chi connectivity index (χ3v) is 4.05. The number of fused-ring (bicyclic) bond motifs is 2. The van der Waals surface area contributed by atoms with Crippen LogP contribution in [0.15, 0.2) is 42.5 Å². The lowest BCUT2D eigenvalue weighted by atomic mass is 10.1. The number of hydrogen-bond acceptors (Lipinski definition) is 4. The van der Waals surface area contributed by atoms with Gasteiger partial charge in [0.2, 0.25) is 0 Å². The molecule has 4 heteroatoms. The van der Waals surface area contributed by atoms with Crippen LogP contribution in [0.5, 0.6) is 17.2 Å². The van der Waals surface area contributed by atoms with Crippen molar-refractivity contribution in [2.24, 2.45) is 0 Å². The lowest BCUT2D eigenvalue weighted by Crippen LogP contribution is -2.30. The van der Waals surface area contributed by atoms with E-state index in [2.05, 4.69) is 23.5 Å². The smallest absolute Gasteiger partial charge is 0.165 e. The van der Waals surface area contributed by atoms with Gasteiger partial charge in [-0.15, -0.1) is 0 Å². The first kappa shape index (κ1) is 13.5. The Labute approximate surface area is 130 Å². The third kappa shape index (κ3) is 2.62. The van der Waals surface area contributed by atoms with Gasteiger partial charge < -0.3 is 19.5 Å². The summed E-state index contributed by atoms with van der Waals surface area (Å²) in [5.74, 6) is 2.73. The highest BCUT2D eigenvalue weighted by Crippen LogP contribution is 2.33. The first-order chi connectivity index (χ1) is 10.9. The molecule has 1 unspecified atom stereocenters. The summed E-state index contributed by atoms with van der Waals surface area (Å²) < 4.78 is 17.3. The van der Waals surface area contributed by atoms with Crippen LogP contribution in [0.1, 0.15) is 11.1 Å². The predicted octanol–water partition coefficient (Wildman–Crippen LogP) is 2.55. The maximum absolute atomic E-state index is 5.94. The second kappa shape index (κ2) is 5.89. The first-order valence-corrected chi connectivity index (χ1v) is 7.73. The molecule has 0 amide bonds. The predicted molar refractivity (Wildman–Crippen MR) is 83.7 cm³/mol. The van der Waals surface area contributed by atoms with Crippen molar-refractivity contribution in [1.29, 1.82) is 0 Å². The molecular weight excluding hydrogens is 278 g/mol. The van der Waals surface area contributed by atoms with Crippen molar-refractivity contribution in [3.8, 4) is 17.2 Å². The molecule has 4 rings (SSSR count). The van der Waals surface area contributed by atoms with Crippen LogP contribution in [0.2, 0.25) is 0 Å². The van der Waals surface area contributed by atoms with E-state index in [0.717, 1.165) is 42.3 Å². The van der Waals surface area contributed by atoms with E-state index < -0.39 is 0 Å². The second-order valence-corrected chi connectivity index (χ2v) is 5.62. The lowest BCUT2D eigenvalue weighted by molar-refractivity contribution is 0.169. The molecule has 2 aromatic rings. The molecule has 2 heterocycles. The molecule has 1 atom stereocenters. The minimum absolute atomic E-state index is 0.203. The molecule has 0 bridgehead atoms. The van der Waals surface area contributed by atoms with Crippen LogP contribution in [0, 0.1) is 0 Å². The third-order valence-electron chi connectivity index (χ3n) is 4.05. The van der Waals surface area contributed by atoms with Gasteiger partial charge in [0.25, 0.3) is 0 Å². The summed E-state index contributed by atoms with van der Waals surface area (Å²) >= 11 is 0. The van der Waals surface area contributed by atoms with Crippen LogP contribution in [0.3, 0.4) is 0 Å². The Kier molecular flexibility index (Phi) is 3.60. The topological polar surface area (TPSA) is 39.7 Å². The zero-order valence-corrected chi connectivity index (χ0v) is 12.4. The molecule has 0 radical (unpaired) electrons. The Hall–Kier alpha value is -2.20. The largest absolute Gasteiger partial charge is 0.488 e. The molecule has 114 valence electrons. The average Bonchev–Trinajstić information content (AvgIpc) is 2.98. The summed E-state index contributed by atoms with van der Waals surface area (Å²) in [6.45, 7) is 2.81. The van der Waals surface area contributed by atoms with Crippen LogP contribution in [0.4, 0.5) is 0 Å². The molecule has 0 saturated carbocycles. The van der Waals surface area contributed by atoms with Crippen molar-refractivity contribution in [3.63, 3.8) is 0 Å². The van der Waals surface area contributed by atoms with E-state index in [1.54, 1.807) is 0 Å². The van der Waals surface area contributed by atoms with Crippen molar-refractivity contribution in [2.75, 3.05) is 19.8 Å². The Morgan fingerprint density at radius 1 is 0.955 bits per heavy atom. The van der Waals surface area contributed by atoms with Crippen LogP contribution in [-0.4, -0.2) is 25.9 Å². The lowest BCUT2D eigenvalue weighted by Gasteiger charge is -2.21. The summed E-state index contributed by atoms with van der Waals surface area (Å²) in [6, 6.07) is 14.3. The zero-order chi connectivity index (χ0) is 14.8. The van der Waals surface area contributed by atoms with E-state index in [1.807, 2.05) is 24.3 Å². The zero-order valence-electron chi connectivity index (χ0n) is 12.4. The van der Waals surface area contributed by atoms with Gasteiger partial charge in [-0.25, -0.2) is 0 Å². The Morgan fingerprint density at radius 3 is 2.77 bits per heavy atom. The SMILES string of the molecule is c1ccc2c(c1)CC(CNCc1cccc3c1OCCO3)O2. The molecule has 1 N–H and O–H groups in total. The van der Waals surface area contributed by atoms with Gasteiger partial charge in [-0.2, -0.15) is 0 Å². The van der Waals surface area contributed by atoms with Crippen molar-refractivity contribution >= 4 is 0 Å². The molecule has 0 fully saturated rings. The molecule has 22 heavy (non-hydrogen) atoms. The van der Waals surface area contributed by atoms with Gasteiger partial charge in [-0.3, -0.25) is 0 Å². The van der Waals surface area contributed by atoms with Gasteiger partial charge in [0.15, 0.2) is 11.5 Å². The quantitative estimate of drug-likeness (QED) is 0.941. The summed E-state index contributed by atoms with van der Waals surface area (Å²) in [5, 5.41) is 3.47. The first-order valence-electron chi connectivity index (χ1n) is 7.73. The highest BCUT2D eigenvalue weighted by Gasteiger charge is 2.22. The molecule has 4 nitrogen and oxygen atoms in total. The normalized spacial score (nSPS) is 18.6. The summed E-state index contributed by atoms with van der Waals surface area (Å²) in [5.41, 5.74) is 2.43. The fourth-order valence-electron chi connectivity index (χ4n) is 3.01. The van der Waals surface area contributed by atoms with Crippen molar-refractivity contribution in [1.82, 2.24) is 5.32 Å². The maximum Gasteiger partial charge on any atom is 0.165 e. The molecule has 2 aliphatic heterocycles. The van der Waals surface area contributed by atoms with E-state index in [9.17, 15) is 0 Å². The number of benzene rings is 2. The summed E-state index contributed by atoms with van der Waals surface area (Å²) in [6.07, 6.45) is 1.17. The monoisotopic (exact) mass is 297 g/mol. The minimum atomic E-state index is 0.203. The number of ether oxygens (including phenoxy) is 3. The molecule has 0 aliphatic carbocycles. The fraction of sp³-hybridized carbons (Fsp3) is 0.333. The molecular formula is C18H19NO3. The van der Waals surface area contributed by atoms with Crippen molar-refractivity contribution in [2.45, 2.75) is 19.1 Å². The Morgan fingerprint density at radius 2 is 1.82 bits per heavy atom. The highest BCUT2D eigenvalue weighted by atomic mass is 16.6. The summed E-state index contributed by atoms with van der Waals surface area (Å²) in [4.78, 5) is 0. The minimum Gasteiger partial charge on any atom is -0.488 e. The maximum atomic E-state index is 5.94. The van der Waals surface area contributed by atoms with E-state index in [-0.39, 0.29) is 6.10 Å². The van der Waals surface area contributed by atoms with Gasteiger partial charge in [-0.1, -0.05) is 30.3 Å². The van der Waals surface area contributed by atoms with Gasteiger partial charge in [-0.05, 0) is 17.7 Å². The van der Waals surface area contributed by atoms with Crippen molar-refractivity contribution < 1.29 is 14.2 Å². The summed E-state index contributed by atoms with van der Waals surface area (Å²) in [7, 11) is 0. The number of para-hydroxylation sites is 2. The highest BCUT2D eigenvalue weighted by molar-refractivity contribution is 5.47. The van der Waals surface area contributed by atoms with Crippen LogP contribution in [0.25, 0.3) is 0 Å². The van der Waals surface area contributed by atoms with Gasteiger partial charge in [0.05, 0.1) is 0 Å². The fourth-order valence-corrected chi connectivity index (χ4v) is 3.01. The number of nitrogens with one attached hydrogen (secondary N) is 1. The van der Waals surface area contributed by atoms with Crippen LogP contribution >= 0.6 is 0 Å².